The molecule has 0 bridgehead atoms. The number of nitrogens with zero attached hydrogens (tertiary/aromatic N) is 3. The number of hydrogen-bond acceptors (Lipinski definition) is 1. The highest BCUT2D eigenvalue weighted by Gasteiger charge is 2.26. The lowest BCUT2D eigenvalue weighted by Crippen LogP contribution is -2.37. The van der Waals surface area contributed by atoms with E-state index >= 15 is 0 Å². The molecule has 74 heavy (non-hydrogen) atoms. The third-order valence-electron chi connectivity index (χ3n) is 16.1. The lowest BCUT2D eigenvalue weighted by Gasteiger charge is -2.17. The fourth-order valence-corrected chi connectivity index (χ4v) is 16.4. The topological polar surface area (TPSA) is 27.9 Å². The highest BCUT2D eigenvalue weighted by Crippen LogP contribution is 2.41. The quantitative estimate of drug-likeness (QED) is 0.139. The van der Waals surface area contributed by atoms with E-state index < -0.39 is 32.3 Å². The Labute approximate surface area is 438 Å². The molecule has 4 nitrogen and oxygen atoms in total. The van der Waals surface area contributed by atoms with Crippen molar-refractivity contribution in [1.29, 1.82) is 0 Å². The van der Waals surface area contributed by atoms with E-state index in [0.29, 0.717) is 0 Å². The van der Waals surface area contributed by atoms with Crippen molar-refractivity contribution in [1.82, 2.24) is 13.7 Å². The molecule has 0 amide bonds. The molecule has 0 spiro atoms. The van der Waals surface area contributed by atoms with E-state index in [0.717, 1.165) is 27.6 Å². The van der Waals surface area contributed by atoms with Gasteiger partial charge >= 0.3 is 0 Å². The van der Waals surface area contributed by atoms with E-state index in [1.807, 2.05) is 0 Å². The fourth-order valence-electron chi connectivity index (χ4n) is 11.7. The zero-order chi connectivity index (χ0) is 51.4. The summed E-state index contributed by atoms with van der Waals surface area (Å²) < 4.78 is 14.1. The zero-order valence-corrected chi connectivity index (χ0v) is 49.0. The molecule has 0 unspecified atom stereocenters. The molecule has 8 heteroatoms. The van der Waals surface area contributed by atoms with E-state index in [1.165, 1.54) is 109 Å². The second kappa shape index (κ2) is 16.3. The third kappa shape index (κ3) is 7.47. The van der Waals surface area contributed by atoms with Gasteiger partial charge in [0.1, 0.15) is 11.2 Å². The SMILES string of the molecule is C[Si](C)(C)c1ccc2c(c1)c1cc([Si](C)(C)C)ccc1n2-c1ccc2c(c1)c1cc(-n3c4ccc([Si](C)(C)C)cc4c4cc([Si](C)(C)C)ccc43)ccc1n2-c1ccc2oc3ccc(-c4ccccc4)cc3c2c1. The van der Waals surface area contributed by atoms with Crippen molar-refractivity contribution in [2.24, 2.45) is 0 Å². The predicted octanol–water partition coefficient (Wildman–Crippen LogP) is 16.7. The maximum absolute atomic E-state index is 6.54. The summed E-state index contributed by atoms with van der Waals surface area (Å²) in [6, 6.07) is 67.7. The molecule has 0 saturated carbocycles. The van der Waals surface area contributed by atoms with E-state index in [4.69, 9.17) is 4.42 Å². The molecule has 0 aliphatic rings. The van der Waals surface area contributed by atoms with Crippen LogP contribution in [0.4, 0.5) is 0 Å². The van der Waals surface area contributed by atoms with Crippen LogP contribution < -0.4 is 20.7 Å². The van der Waals surface area contributed by atoms with Crippen LogP contribution in [0.15, 0.2) is 180 Å². The Kier molecular flexibility index (Phi) is 10.3. The molecule has 4 heterocycles. The van der Waals surface area contributed by atoms with Crippen LogP contribution in [0.2, 0.25) is 78.6 Å². The summed E-state index contributed by atoms with van der Waals surface area (Å²) in [6.07, 6.45) is 0. The molecule has 366 valence electrons. The molecule has 0 atom stereocenters. The standard InChI is InChI=1S/C66H65N3OSi4/c1-71(2,3)47-22-28-61-53(38-47)54-39-48(72(4,5)6)23-29-62(54)67(61)44-19-26-59-51(35-44)52-36-45(68-63-30-24-49(73(7,8)9)40-55(63)56-41-50(74(10,11)12)25-31-64(56)68)20-27-60(52)69(59)46-21-33-66-58(37-46)57-34-43(18-32-65(57)70-66)42-16-14-13-15-17-42/h13-41H,1-12H3. The smallest absolute Gasteiger partial charge is 0.135 e. The van der Waals surface area contributed by atoms with Gasteiger partial charge in [0, 0.05) is 60.2 Å². The van der Waals surface area contributed by atoms with Gasteiger partial charge in [0.15, 0.2) is 0 Å². The first-order valence-corrected chi connectivity index (χ1v) is 40.5. The highest BCUT2D eigenvalue weighted by atomic mass is 28.3. The minimum Gasteiger partial charge on any atom is -0.456 e. The maximum atomic E-state index is 6.54. The summed E-state index contributed by atoms with van der Waals surface area (Å²) in [7, 11) is -6.38. The first-order valence-electron chi connectivity index (χ1n) is 26.5. The van der Waals surface area contributed by atoms with Crippen molar-refractivity contribution in [3.8, 4) is 28.2 Å². The summed E-state index contributed by atoms with van der Waals surface area (Å²) >= 11 is 0. The molecule has 0 aliphatic heterocycles. The van der Waals surface area contributed by atoms with Crippen molar-refractivity contribution in [2.75, 3.05) is 0 Å². The summed E-state index contributed by atoms with van der Waals surface area (Å²) in [5.41, 5.74) is 15.0. The fraction of sp³-hybridized carbons (Fsp3) is 0.182. The Morgan fingerprint density at radius 3 is 0.919 bits per heavy atom. The summed E-state index contributed by atoms with van der Waals surface area (Å²) in [6.45, 7) is 29.5. The second-order valence-corrected chi connectivity index (χ2v) is 45.5. The number of fused-ring (bicyclic) bond motifs is 12. The van der Waals surface area contributed by atoms with Crippen LogP contribution in [0.1, 0.15) is 0 Å². The number of hydrogen-bond donors (Lipinski definition) is 0. The van der Waals surface area contributed by atoms with Crippen molar-refractivity contribution >= 4 is 140 Å². The van der Waals surface area contributed by atoms with Gasteiger partial charge in [-0.25, -0.2) is 0 Å². The molecular weight excluding hydrogens is 963 g/mol. The average Bonchev–Trinajstić information content (AvgIpc) is 4.10. The molecule has 0 N–H and O–H groups in total. The first kappa shape index (κ1) is 46.8. The molecule has 13 aromatic rings. The minimum absolute atomic E-state index is 0.890. The van der Waals surface area contributed by atoms with Gasteiger partial charge in [-0.15, -0.1) is 0 Å². The largest absolute Gasteiger partial charge is 0.456 e. The Bertz CT molecular complexity index is 4110. The van der Waals surface area contributed by atoms with Gasteiger partial charge < -0.3 is 18.1 Å². The van der Waals surface area contributed by atoms with Crippen LogP contribution in [0, 0.1) is 0 Å². The number of rotatable bonds is 8. The normalized spacial score (nSPS) is 13.1. The zero-order valence-electron chi connectivity index (χ0n) is 45.0. The molecule has 0 fully saturated rings. The van der Waals surface area contributed by atoms with Crippen LogP contribution in [-0.2, 0) is 0 Å². The lowest BCUT2D eigenvalue weighted by atomic mass is 10.0. The van der Waals surface area contributed by atoms with Gasteiger partial charge in [-0.1, -0.05) is 184 Å². The second-order valence-electron chi connectivity index (χ2n) is 25.2. The van der Waals surface area contributed by atoms with Crippen molar-refractivity contribution in [3.63, 3.8) is 0 Å². The average molecular weight is 1030 g/mol. The molecule has 0 radical (unpaired) electrons. The van der Waals surface area contributed by atoms with Crippen LogP contribution >= 0.6 is 0 Å². The van der Waals surface area contributed by atoms with Crippen LogP contribution in [0.5, 0.6) is 0 Å². The third-order valence-corrected chi connectivity index (χ3v) is 24.2. The Morgan fingerprint density at radius 2 is 0.554 bits per heavy atom. The van der Waals surface area contributed by atoms with Crippen molar-refractivity contribution < 1.29 is 4.42 Å². The molecular formula is C66H65N3OSi4. The Hall–Kier alpha value is -6.95. The Balaban J connectivity index is 1.09. The van der Waals surface area contributed by atoms with Gasteiger partial charge in [0.25, 0.3) is 0 Å². The maximum Gasteiger partial charge on any atom is 0.135 e. The minimum atomic E-state index is -1.59. The van der Waals surface area contributed by atoms with Gasteiger partial charge in [-0.3, -0.25) is 0 Å². The van der Waals surface area contributed by atoms with E-state index in [-0.39, 0.29) is 0 Å². The van der Waals surface area contributed by atoms with Crippen molar-refractivity contribution in [2.45, 2.75) is 78.6 Å². The van der Waals surface area contributed by atoms with Gasteiger partial charge in [0.2, 0.25) is 0 Å². The summed E-state index contributed by atoms with van der Waals surface area (Å²) in [5.74, 6) is 0. The molecule has 0 saturated heterocycles. The Morgan fingerprint density at radius 1 is 0.257 bits per heavy atom. The van der Waals surface area contributed by atoms with E-state index in [9.17, 15) is 0 Å². The first-order chi connectivity index (χ1) is 35.2. The molecule has 4 aromatic heterocycles. The van der Waals surface area contributed by atoms with Crippen LogP contribution in [-0.4, -0.2) is 46.0 Å². The van der Waals surface area contributed by atoms with Gasteiger partial charge in [-0.2, -0.15) is 0 Å². The highest BCUT2D eigenvalue weighted by molar-refractivity contribution is 6.90. The van der Waals surface area contributed by atoms with E-state index in [1.54, 1.807) is 0 Å². The summed E-state index contributed by atoms with van der Waals surface area (Å²) in [4.78, 5) is 0. The van der Waals surface area contributed by atoms with E-state index in [2.05, 4.69) is 268 Å². The van der Waals surface area contributed by atoms with Crippen LogP contribution in [0.25, 0.3) is 116 Å². The van der Waals surface area contributed by atoms with Crippen LogP contribution in [0.3, 0.4) is 0 Å². The summed E-state index contributed by atoms with van der Waals surface area (Å²) in [5, 5.41) is 16.0. The predicted molar refractivity (Wildman–Crippen MR) is 334 cm³/mol. The molecule has 0 aliphatic carbocycles. The number of aromatic nitrogens is 3. The van der Waals surface area contributed by atoms with Crippen molar-refractivity contribution in [3.05, 3.63) is 176 Å². The molecule has 13 rings (SSSR count). The number of furan rings is 1. The number of benzene rings is 9. The monoisotopic (exact) mass is 1030 g/mol. The lowest BCUT2D eigenvalue weighted by molar-refractivity contribution is 0.669. The van der Waals surface area contributed by atoms with Gasteiger partial charge in [-0.05, 0) is 102 Å². The van der Waals surface area contributed by atoms with Gasteiger partial charge in [0.05, 0.1) is 65.4 Å². The molecule has 9 aromatic carbocycles.